The Morgan fingerprint density at radius 2 is 2.06 bits per heavy atom. The highest BCUT2D eigenvalue weighted by Gasteiger charge is 2.35. The summed E-state index contributed by atoms with van der Waals surface area (Å²) in [5.74, 6) is 0.113. The molecule has 1 aliphatic heterocycles. The van der Waals surface area contributed by atoms with Crippen molar-refractivity contribution in [3.05, 3.63) is 29.6 Å². The number of hydrogen-bond acceptors (Lipinski definition) is 6. The molecule has 2 aliphatic rings. The number of amides is 2. The van der Waals surface area contributed by atoms with Gasteiger partial charge in [0.15, 0.2) is 5.69 Å². The maximum absolute atomic E-state index is 14.0. The summed E-state index contributed by atoms with van der Waals surface area (Å²) in [5.41, 5.74) is 1.62. The first-order valence-electron chi connectivity index (χ1n) is 13.3. The minimum absolute atomic E-state index is 0.109. The quantitative estimate of drug-likeness (QED) is 0.507. The Morgan fingerprint density at radius 3 is 2.69 bits per heavy atom. The fourth-order valence-corrected chi connectivity index (χ4v) is 4.72. The Hall–Kier alpha value is -2.68. The van der Waals surface area contributed by atoms with Crippen LogP contribution in [0.2, 0.25) is 0 Å². The van der Waals surface area contributed by atoms with Crippen molar-refractivity contribution < 1.29 is 19.4 Å². The third-order valence-electron chi connectivity index (χ3n) is 6.36. The first kappa shape index (κ1) is 27.9. The van der Waals surface area contributed by atoms with E-state index < -0.39 is 5.60 Å². The van der Waals surface area contributed by atoms with Crippen molar-refractivity contribution in [1.82, 2.24) is 24.8 Å². The smallest absolute Gasteiger partial charge is 0.410 e. The van der Waals surface area contributed by atoms with E-state index in [9.17, 15) is 14.7 Å². The van der Waals surface area contributed by atoms with Crippen LogP contribution in [-0.2, 0) is 11.2 Å². The van der Waals surface area contributed by atoms with Crippen LogP contribution < -0.4 is 0 Å². The zero-order chi connectivity index (χ0) is 26.3. The fourth-order valence-electron chi connectivity index (χ4n) is 4.72. The van der Waals surface area contributed by atoms with Crippen molar-refractivity contribution in [2.45, 2.75) is 91.2 Å². The molecule has 200 valence electrons. The molecule has 0 saturated carbocycles. The Morgan fingerprint density at radius 1 is 1.28 bits per heavy atom. The normalized spacial score (nSPS) is 18.4. The van der Waals surface area contributed by atoms with Gasteiger partial charge in [-0.05, 0) is 77.7 Å². The molecule has 9 nitrogen and oxygen atoms in total. The number of piperidine rings is 1. The number of ether oxygens (including phenoxy) is 1. The van der Waals surface area contributed by atoms with Crippen LogP contribution in [-0.4, -0.2) is 79.8 Å². The summed E-state index contributed by atoms with van der Waals surface area (Å²) in [6.45, 7) is 11.5. The number of carbonyl (C=O) groups is 2. The zero-order valence-corrected chi connectivity index (χ0v) is 22.6. The lowest BCUT2D eigenvalue weighted by molar-refractivity contribution is 0.00935. The third-order valence-corrected chi connectivity index (χ3v) is 6.36. The molecule has 9 heteroatoms. The highest BCUT2D eigenvalue weighted by atomic mass is 16.6. The van der Waals surface area contributed by atoms with Gasteiger partial charge in [-0.1, -0.05) is 31.2 Å². The van der Waals surface area contributed by atoms with E-state index in [1.54, 1.807) is 4.90 Å². The molecule has 0 radical (unpaired) electrons. The average Bonchev–Trinajstić information content (AvgIpc) is 3.25. The van der Waals surface area contributed by atoms with Crippen LogP contribution in [0.15, 0.2) is 18.2 Å². The summed E-state index contributed by atoms with van der Waals surface area (Å²) in [7, 11) is 0. The lowest BCUT2D eigenvalue weighted by Crippen LogP contribution is -2.53. The second kappa shape index (κ2) is 12.5. The van der Waals surface area contributed by atoms with Gasteiger partial charge in [0.25, 0.3) is 5.91 Å². The van der Waals surface area contributed by atoms with Crippen molar-refractivity contribution in [1.29, 1.82) is 0 Å². The molecule has 0 spiro atoms. The predicted octanol–water partition coefficient (Wildman–Crippen LogP) is 4.28. The largest absolute Gasteiger partial charge is 0.444 e. The molecule has 1 aliphatic carbocycles. The number of hydrogen-bond donors (Lipinski definition) is 1. The Balaban J connectivity index is 1.88. The number of nitrogens with zero attached hydrogens (tertiary/aromatic N) is 5. The molecule has 1 atom stereocenters. The summed E-state index contributed by atoms with van der Waals surface area (Å²) < 4.78 is 7.42. The molecular weight excluding hydrogens is 458 g/mol. The fraction of sp³-hybridized carbons (Fsp3) is 0.704. The summed E-state index contributed by atoms with van der Waals surface area (Å²) in [6, 6.07) is -0.117. The molecule has 1 fully saturated rings. The summed E-state index contributed by atoms with van der Waals surface area (Å²) in [6.07, 6.45) is 11.2. The van der Waals surface area contributed by atoms with Crippen LogP contribution in [0.3, 0.4) is 0 Å². The van der Waals surface area contributed by atoms with Crippen LogP contribution in [0.1, 0.15) is 89.3 Å². The van der Waals surface area contributed by atoms with E-state index in [1.165, 1.54) is 0 Å². The molecule has 1 aromatic heterocycles. The number of unbranched alkanes of at least 4 members (excludes halogenated alkanes) is 1. The third kappa shape index (κ3) is 7.41. The van der Waals surface area contributed by atoms with E-state index in [0.29, 0.717) is 38.2 Å². The van der Waals surface area contributed by atoms with E-state index in [4.69, 9.17) is 4.74 Å². The van der Waals surface area contributed by atoms with E-state index >= 15 is 0 Å². The van der Waals surface area contributed by atoms with Gasteiger partial charge < -0.3 is 19.6 Å². The number of aromatic nitrogens is 3. The maximum atomic E-state index is 14.0. The van der Waals surface area contributed by atoms with Gasteiger partial charge in [0.2, 0.25) is 0 Å². The van der Waals surface area contributed by atoms with E-state index in [2.05, 4.69) is 30.2 Å². The molecular formula is C27H43N5O4. The van der Waals surface area contributed by atoms with E-state index in [1.807, 2.05) is 42.5 Å². The minimum atomic E-state index is -0.567. The van der Waals surface area contributed by atoms with Crippen LogP contribution in [0, 0.1) is 5.92 Å². The van der Waals surface area contributed by atoms with Gasteiger partial charge >= 0.3 is 6.09 Å². The maximum Gasteiger partial charge on any atom is 0.410 e. The van der Waals surface area contributed by atoms with Crippen LogP contribution in [0.5, 0.6) is 0 Å². The lowest BCUT2D eigenvalue weighted by atomic mass is 10.0. The van der Waals surface area contributed by atoms with Crippen LogP contribution in [0.4, 0.5) is 4.79 Å². The summed E-state index contributed by atoms with van der Waals surface area (Å²) >= 11 is 0. The van der Waals surface area contributed by atoms with Crippen LogP contribution >= 0.6 is 0 Å². The number of aliphatic hydroxyl groups is 1. The van der Waals surface area contributed by atoms with Gasteiger partial charge in [-0.15, -0.1) is 5.10 Å². The molecule has 1 aromatic rings. The van der Waals surface area contributed by atoms with Crippen molar-refractivity contribution >= 4 is 17.7 Å². The summed E-state index contributed by atoms with van der Waals surface area (Å²) in [4.78, 5) is 30.4. The van der Waals surface area contributed by atoms with Crippen LogP contribution in [0.25, 0.3) is 5.70 Å². The molecule has 0 unspecified atom stereocenters. The van der Waals surface area contributed by atoms with Gasteiger partial charge in [0.05, 0.1) is 5.69 Å². The minimum Gasteiger partial charge on any atom is -0.444 e. The first-order valence-corrected chi connectivity index (χ1v) is 13.3. The zero-order valence-electron chi connectivity index (χ0n) is 22.6. The van der Waals surface area contributed by atoms with E-state index in [0.717, 1.165) is 43.5 Å². The monoisotopic (exact) mass is 501 g/mol. The molecule has 36 heavy (non-hydrogen) atoms. The molecule has 3 rings (SSSR count). The Labute approximate surface area is 215 Å². The topological polar surface area (TPSA) is 101 Å². The molecule has 2 amide bonds. The van der Waals surface area contributed by atoms with Gasteiger partial charge in [0.1, 0.15) is 5.60 Å². The first-order chi connectivity index (χ1) is 17.1. The second-order valence-electron chi connectivity index (χ2n) is 11.2. The Bertz CT molecular complexity index is 960. The van der Waals surface area contributed by atoms with E-state index in [-0.39, 0.29) is 30.6 Å². The molecule has 1 N–H and O–H groups in total. The van der Waals surface area contributed by atoms with Gasteiger partial charge in [-0.3, -0.25) is 4.79 Å². The standard InChI is InChI=1S/C27H43N5O4/c1-20(2)18-31(22-14-11-16-30(19-22)26(35)36-27(3,4)5)25(34)24-23(15-9-10-17-33)32(29-28-24)21-12-7-6-8-13-21/h6-7,12,20,22,33H,8-11,13-19H2,1-5H3/t22-/m0/s1. The lowest BCUT2D eigenvalue weighted by Gasteiger charge is -2.40. The van der Waals surface area contributed by atoms with Gasteiger partial charge in [-0.2, -0.15) is 0 Å². The molecule has 0 bridgehead atoms. The number of aliphatic hydroxyl groups excluding tert-OH is 1. The molecule has 2 heterocycles. The summed E-state index contributed by atoms with van der Waals surface area (Å²) in [5, 5.41) is 18.1. The number of carbonyl (C=O) groups excluding carboxylic acids is 2. The van der Waals surface area contributed by atoms with Crippen molar-refractivity contribution in [2.75, 3.05) is 26.2 Å². The SMILES string of the molecule is CC(C)CN(C(=O)c1nnn(C2=CC=CCC2)c1CCCCO)[C@H]1CCCN(C(=O)OC(C)(C)C)C1. The number of rotatable bonds is 9. The Kier molecular flexibility index (Phi) is 9.70. The highest BCUT2D eigenvalue weighted by molar-refractivity contribution is 5.94. The second-order valence-corrected chi connectivity index (χ2v) is 11.2. The van der Waals surface area contributed by atoms with Crippen molar-refractivity contribution in [2.24, 2.45) is 5.92 Å². The molecule has 0 aromatic carbocycles. The average molecular weight is 502 g/mol. The van der Waals surface area contributed by atoms with Gasteiger partial charge in [-0.25, -0.2) is 9.48 Å². The van der Waals surface area contributed by atoms with Gasteiger partial charge in [0, 0.05) is 38.0 Å². The number of likely N-dealkylation sites (tertiary alicyclic amines) is 1. The highest BCUT2D eigenvalue weighted by Crippen LogP contribution is 2.25. The number of allylic oxidation sites excluding steroid dienone is 4. The molecule has 1 saturated heterocycles. The van der Waals surface area contributed by atoms with Crippen molar-refractivity contribution in [3.63, 3.8) is 0 Å². The van der Waals surface area contributed by atoms with Crippen molar-refractivity contribution in [3.8, 4) is 0 Å². The predicted molar refractivity (Wildman–Crippen MR) is 139 cm³/mol.